The number of alkyl halides is 3. The molecule has 190 valence electrons. The van der Waals surface area contributed by atoms with E-state index in [-0.39, 0.29) is 18.2 Å². The Hall–Kier alpha value is -3.18. The summed E-state index contributed by atoms with van der Waals surface area (Å²) in [7, 11) is 2.10. The highest BCUT2D eigenvalue weighted by atomic mass is 19.3. The Bertz CT molecular complexity index is 1130. The Morgan fingerprint density at radius 3 is 2.69 bits per heavy atom. The number of fused-ring (bicyclic) bond motifs is 1. The Kier molecular flexibility index (Phi) is 8.01. The van der Waals surface area contributed by atoms with E-state index in [1.165, 1.54) is 25.1 Å². The number of aldehydes is 1. The summed E-state index contributed by atoms with van der Waals surface area (Å²) in [6.07, 6.45) is 2.72. The molecule has 11 heteroatoms. The molecule has 0 fully saturated rings. The number of nitrogens with zero attached hydrogens (tertiary/aromatic N) is 4. The number of halogens is 3. The number of aliphatic hydroxyl groups is 1. The minimum absolute atomic E-state index is 0.130. The fourth-order valence-corrected chi connectivity index (χ4v) is 4.03. The van der Waals surface area contributed by atoms with Crippen LogP contribution in [0, 0.1) is 0 Å². The molecule has 0 radical (unpaired) electrons. The number of oxazole rings is 1. The fraction of sp³-hybridized carbons (Fsp3) is 0.458. The van der Waals surface area contributed by atoms with Crippen LogP contribution in [0.4, 0.5) is 13.2 Å². The Balaban J connectivity index is 0.000000214. The second-order valence-corrected chi connectivity index (χ2v) is 8.96. The molecule has 4 heterocycles. The van der Waals surface area contributed by atoms with Crippen LogP contribution in [-0.4, -0.2) is 50.8 Å². The molecule has 2 aromatic heterocycles. The van der Waals surface area contributed by atoms with Crippen molar-refractivity contribution < 1.29 is 27.5 Å². The molecule has 0 bridgehead atoms. The molecule has 0 spiro atoms. The summed E-state index contributed by atoms with van der Waals surface area (Å²) in [5.41, 5.74) is 2.15. The number of hydrogen-bond acceptors (Lipinski definition) is 7. The molecule has 2 aromatic rings. The van der Waals surface area contributed by atoms with Crippen molar-refractivity contribution >= 4 is 12.5 Å². The van der Waals surface area contributed by atoms with Crippen LogP contribution in [0.5, 0.6) is 0 Å². The largest absolute Gasteiger partial charge is 0.434 e. The lowest BCUT2D eigenvalue weighted by Gasteiger charge is -2.34. The fourth-order valence-electron chi connectivity index (χ4n) is 4.03. The first-order valence-electron chi connectivity index (χ1n) is 11.1. The van der Waals surface area contributed by atoms with Gasteiger partial charge in [0.25, 0.3) is 6.43 Å². The lowest BCUT2D eigenvalue weighted by Crippen LogP contribution is -2.34. The molecule has 2 N–H and O–H groups in total. The van der Waals surface area contributed by atoms with Gasteiger partial charge >= 0.3 is 0 Å². The van der Waals surface area contributed by atoms with E-state index in [0.717, 1.165) is 24.4 Å². The first-order valence-corrected chi connectivity index (χ1v) is 11.1. The lowest BCUT2D eigenvalue weighted by atomic mass is 9.95. The van der Waals surface area contributed by atoms with Gasteiger partial charge in [-0.3, -0.25) is 9.69 Å². The third-order valence-corrected chi connectivity index (χ3v) is 5.79. The van der Waals surface area contributed by atoms with Crippen LogP contribution >= 0.6 is 0 Å². The Labute approximate surface area is 201 Å². The molecule has 2 aliphatic rings. The number of allylic oxidation sites excluding steroid dienone is 1. The minimum Gasteiger partial charge on any atom is -0.434 e. The normalized spacial score (nSPS) is 20.4. The number of aromatic nitrogens is 3. The lowest BCUT2D eigenvalue weighted by molar-refractivity contribution is 0.0472. The molecule has 8 nitrogen and oxygen atoms in total. The average Bonchev–Trinajstić information content (AvgIpc) is 3.40. The van der Waals surface area contributed by atoms with Crippen molar-refractivity contribution in [2.75, 3.05) is 13.6 Å². The number of carbonyl (C=O) groups excluding carboxylic acids is 1. The van der Waals surface area contributed by atoms with Crippen LogP contribution in [0.3, 0.4) is 0 Å². The zero-order valence-electron chi connectivity index (χ0n) is 20.1. The van der Waals surface area contributed by atoms with Crippen molar-refractivity contribution in [1.82, 2.24) is 25.0 Å². The van der Waals surface area contributed by atoms with E-state index in [1.807, 2.05) is 6.07 Å². The topological polar surface area (TPSA) is 96.4 Å². The van der Waals surface area contributed by atoms with E-state index in [2.05, 4.69) is 45.3 Å². The van der Waals surface area contributed by atoms with Gasteiger partial charge in [-0.15, -0.1) is 0 Å². The molecule has 0 amide bonds. The summed E-state index contributed by atoms with van der Waals surface area (Å²) in [6, 6.07) is 2.16. The Morgan fingerprint density at radius 2 is 2.11 bits per heavy atom. The molecule has 2 unspecified atom stereocenters. The second kappa shape index (κ2) is 10.6. The second-order valence-electron chi connectivity index (χ2n) is 8.96. The van der Waals surface area contributed by atoms with Crippen molar-refractivity contribution in [3.63, 3.8) is 0 Å². The highest BCUT2D eigenvalue weighted by Crippen LogP contribution is 2.34. The average molecular weight is 494 g/mol. The maximum absolute atomic E-state index is 13.5. The quantitative estimate of drug-likeness (QED) is 0.580. The molecule has 2 aliphatic heterocycles. The van der Waals surface area contributed by atoms with Gasteiger partial charge in [0.1, 0.15) is 11.8 Å². The van der Waals surface area contributed by atoms with Crippen LogP contribution in [0.2, 0.25) is 0 Å². The van der Waals surface area contributed by atoms with Gasteiger partial charge in [-0.1, -0.05) is 6.58 Å². The number of carbonyl (C=O) groups is 1. The predicted molar refractivity (Wildman–Crippen MR) is 124 cm³/mol. The SMILES string of the molecule is C=CNC1=C(C)C(c2cc3n(n2)C=CC(F)C3)N(C)CC1.CC(C)(O)c1nc(C(F)F)c(C=O)o1. The van der Waals surface area contributed by atoms with Gasteiger partial charge in [0.2, 0.25) is 5.89 Å². The molecule has 2 atom stereocenters. The van der Waals surface area contributed by atoms with Crippen LogP contribution in [0.15, 0.2) is 40.6 Å². The van der Waals surface area contributed by atoms with Gasteiger partial charge in [0.05, 0.1) is 11.7 Å². The molecule has 0 aliphatic carbocycles. The summed E-state index contributed by atoms with van der Waals surface area (Å²) in [4.78, 5) is 16.0. The number of nitrogens with one attached hydrogen (secondary N) is 1. The molecule has 35 heavy (non-hydrogen) atoms. The first kappa shape index (κ1) is 26.4. The third-order valence-electron chi connectivity index (χ3n) is 5.79. The predicted octanol–water partition coefficient (Wildman–Crippen LogP) is 4.28. The van der Waals surface area contributed by atoms with Crippen molar-refractivity contribution in [1.29, 1.82) is 0 Å². The summed E-state index contributed by atoms with van der Waals surface area (Å²) in [6.45, 7) is 9.47. The van der Waals surface area contributed by atoms with E-state index in [4.69, 9.17) is 0 Å². The maximum atomic E-state index is 13.5. The third kappa shape index (κ3) is 5.91. The number of likely N-dealkylation sites (N-methyl/N-ethyl adjacent to an activating group) is 1. The summed E-state index contributed by atoms with van der Waals surface area (Å²) < 4.78 is 44.4. The maximum Gasteiger partial charge on any atom is 0.284 e. The summed E-state index contributed by atoms with van der Waals surface area (Å²) in [5, 5.41) is 17.3. The van der Waals surface area contributed by atoms with Crippen molar-refractivity contribution in [2.24, 2.45) is 0 Å². The van der Waals surface area contributed by atoms with E-state index < -0.39 is 29.7 Å². The summed E-state index contributed by atoms with van der Waals surface area (Å²) in [5.74, 6) is -0.841. The molecule has 0 saturated heterocycles. The van der Waals surface area contributed by atoms with Crippen LogP contribution < -0.4 is 5.32 Å². The van der Waals surface area contributed by atoms with E-state index >= 15 is 0 Å². The molecule has 0 saturated carbocycles. The molecule has 4 rings (SSSR count). The monoisotopic (exact) mass is 493 g/mol. The van der Waals surface area contributed by atoms with Gasteiger partial charge in [0, 0.05) is 37.0 Å². The van der Waals surface area contributed by atoms with Crippen molar-refractivity contribution in [3.05, 3.63) is 64.9 Å². The van der Waals surface area contributed by atoms with E-state index in [0.29, 0.717) is 6.42 Å². The first-order chi connectivity index (χ1) is 16.5. The smallest absolute Gasteiger partial charge is 0.284 e. The molecule has 0 aromatic carbocycles. The minimum atomic E-state index is -2.89. The van der Waals surface area contributed by atoms with Crippen molar-refractivity contribution in [3.8, 4) is 0 Å². The highest BCUT2D eigenvalue weighted by Gasteiger charge is 2.30. The van der Waals surface area contributed by atoms with Crippen LogP contribution in [0.25, 0.3) is 6.20 Å². The van der Waals surface area contributed by atoms with Gasteiger partial charge in [0.15, 0.2) is 17.7 Å². The van der Waals surface area contributed by atoms with E-state index in [9.17, 15) is 23.1 Å². The zero-order valence-corrected chi connectivity index (χ0v) is 20.1. The number of hydrogen-bond donors (Lipinski definition) is 2. The van der Waals surface area contributed by atoms with Crippen LogP contribution in [-0.2, 0) is 12.0 Å². The molecular weight excluding hydrogens is 463 g/mol. The number of rotatable bonds is 6. The van der Waals surface area contributed by atoms with E-state index in [1.54, 1.807) is 23.2 Å². The summed E-state index contributed by atoms with van der Waals surface area (Å²) >= 11 is 0. The van der Waals surface area contributed by atoms with Gasteiger partial charge in [-0.05, 0) is 51.7 Å². The standard InChI is InChI=1S/C16H21FN4.C8H9F2NO3/c1-4-18-14-6-7-20(3)16(11(14)2)15-10-13-9-12(17)5-8-21(13)19-15;1-8(2,13)7-11-5(6(9)10)4(3-12)14-7/h4-5,8,10,12,16,18H,1,6-7,9H2,2-3H3;3,6,13H,1-2H3. The van der Waals surface area contributed by atoms with Crippen LogP contribution in [0.1, 0.15) is 73.2 Å². The highest BCUT2D eigenvalue weighted by molar-refractivity contribution is 5.72. The van der Waals surface area contributed by atoms with Gasteiger partial charge in [-0.2, -0.15) is 5.10 Å². The molecular formula is C24H30F3N5O3. The zero-order chi connectivity index (χ0) is 25.9. The van der Waals surface area contributed by atoms with Crippen molar-refractivity contribution in [2.45, 2.75) is 57.9 Å². The van der Waals surface area contributed by atoms with Gasteiger partial charge < -0.3 is 14.8 Å². The van der Waals surface area contributed by atoms with Gasteiger partial charge in [-0.25, -0.2) is 22.8 Å². The Morgan fingerprint density at radius 1 is 1.40 bits per heavy atom.